The van der Waals surface area contributed by atoms with Gasteiger partial charge in [0.2, 0.25) is 0 Å². The Morgan fingerprint density at radius 2 is 2.12 bits per heavy atom. The topological polar surface area (TPSA) is 175 Å². The largest absolute Gasteiger partial charge is 0.496 e. The average molecular weight is 569 g/mol. The molecular formula is C25H24N6O8S. The van der Waals surface area contributed by atoms with E-state index in [-0.39, 0.29) is 32.0 Å². The maximum absolute atomic E-state index is 13.7. The highest BCUT2D eigenvalue weighted by atomic mass is 32.1. The van der Waals surface area contributed by atoms with Gasteiger partial charge in [-0.05, 0) is 17.5 Å². The van der Waals surface area contributed by atoms with E-state index in [1.165, 1.54) is 16.2 Å². The third-order valence-electron chi connectivity index (χ3n) is 6.72. The predicted molar refractivity (Wildman–Crippen MR) is 139 cm³/mol. The van der Waals surface area contributed by atoms with Crippen LogP contribution in [0.25, 0.3) is 28.1 Å². The van der Waals surface area contributed by atoms with Gasteiger partial charge in [0, 0.05) is 53.0 Å². The van der Waals surface area contributed by atoms with E-state index in [4.69, 9.17) is 14.2 Å². The van der Waals surface area contributed by atoms with Gasteiger partial charge < -0.3 is 34.4 Å². The molecule has 2 aliphatic heterocycles. The SMILES string of the molecule is COc1cc2c(cc1-c1cn[nH]c1)-c1c(c(C(=O)N(CCN3CCOC3=O)C(O)(O)O)nn1-c1ccsc1)CO2. The van der Waals surface area contributed by atoms with Crippen molar-refractivity contribution in [2.45, 2.75) is 12.7 Å². The summed E-state index contributed by atoms with van der Waals surface area (Å²) in [5.74, 6) is 0.0804. The van der Waals surface area contributed by atoms with Crippen molar-refractivity contribution >= 4 is 23.3 Å². The molecule has 4 aromatic rings. The fraction of sp³-hybridized carbons (Fsp3) is 0.280. The second kappa shape index (κ2) is 9.95. The Kier molecular flexibility index (Phi) is 6.42. The molecule has 0 spiro atoms. The van der Waals surface area contributed by atoms with Crippen LogP contribution >= 0.6 is 11.3 Å². The Morgan fingerprint density at radius 3 is 2.77 bits per heavy atom. The quantitative estimate of drug-likeness (QED) is 0.227. The number of hydrogen-bond donors (Lipinski definition) is 4. The number of ether oxygens (including phenoxy) is 3. The smallest absolute Gasteiger partial charge is 0.409 e. The Balaban J connectivity index is 1.46. The zero-order valence-electron chi connectivity index (χ0n) is 21.1. The molecule has 14 nitrogen and oxygen atoms in total. The zero-order valence-corrected chi connectivity index (χ0v) is 21.9. The number of nitrogens with zero attached hydrogens (tertiary/aromatic N) is 5. The Hall–Kier alpha value is -4.44. The molecule has 0 bridgehead atoms. The lowest BCUT2D eigenvalue weighted by molar-refractivity contribution is -0.378. The Bertz CT molecular complexity index is 1560. The first-order valence-electron chi connectivity index (χ1n) is 12.2. The van der Waals surface area contributed by atoms with Crippen molar-refractivity contribution in [2.24, 2.45) is 0 Å². The number of rotatable bonds is 8. The number of aromatic amines is 1. The van der Waals surface area contributed by atoms with Gasteiger partial charge in [0.1, 0.15) is 24.7 Å². The molecule has 3 aromatic heterocycles. The molecule has 0 saturated carbocycles. The van der Waals surface area contributed by atoms with Crippen molar-refractivity contribution in [1.82, 2.24) is 29.8 Å². The standard InChI is InChI=1S/C25H24N6O8S/c1-37-19-9-20-17(8-16(19)14-10-26-27-11-14)22-18(12-39-20)21(28-31(22)15-2-7-40-13-15)23(32)30(25(34,35)36)4-3-29-5-6-38-24(29)33/h2,7-11,13,34-36H,3-6,12H2,1H3,(H,26,27). The van der Waals surface area contributed by atoms with Crippen LogP contribution in [-0.2, 0) is 11.3 Å². The maximum atomic E-state index is 13.7. The molecule has 4 N–H and O–H groups in total. The van der Waals surface area contributed by atoms with Gasteiger partial charge in [-0.3, -0.25) is 14.8 Å². The zero-order chi connectivity index (χ0) is 28.0. The van der Waals surface area contributed by atoms with Crippen molar-refractivity contribution < 1.29 is 39.1 Å². The second-order valence-electron chi connectivity index (χ2n) is 9.05. The Morgan fingerprint density at radius 1 is 1.27 bits per heavy atom. The number of methoxy groups -OCH3 is 1. The molecule has 15 heteroatoms. The first kappa shape index (κ1) is 25.8. The molecule has 2 aliphatic rings. The number of amides is 2. The predicted octanol–water partition coefficient (Wildman–Crippen LogP) is 1.37. The van der Waals surface area contributed by atoms with E-state index in [0.717, 1.165) is 11.1 Å². The van der Waals surface area contributed by atoms with E-state index in [1.54, 1.807) is 30.3 Å². The van der Waals surface area contributed by atoms with Crippen LogP contribution in [0.15, 0.2) is 41.4 Å². The van der Waals surface area contributed by atoms with Crippen LogP contribution in [-0.4, -0.2) is 96.5 Å². The second-order valence-corrected chi connectivity index (χ2v) is 9.83. The summed E-state index contributed by atoms with van der Waals surface area (Å²) < 4.78 is 18.1. The van der Waals surface area contributed by atoms with Crippen LogP contribution in [0.2, 0.25) is 0 Å². The summed E-state index contributed by atoms with van der Waals surface area (Å²) in [7, 11) is 1.55. The van der Waals surface area contributed by atoms with Crippen molar-refractivity contribution in [3.63, 3.8) is 0 Å². The fourth-order valence-electron chi connectivity index (χ4n) is 4.77. The minimum Gasteiger partial charge on any atom is -0.496 e. The molecule has 5 heterocycles. The highest BCUT2D eigenvalue weighted by molar-refractivity contribution is 7.08. The molecule has 40 heavy (non-hydrogen) atoms. The molecule has 2 amide bonds. The van der Waals surface area contributed by atoms with E-state index in [1.807, 2.05) is 22.9 Å². The molecule has 6 rings (SSSR count). The summed E-state index contributed by atoms with van der Waals surface area (Å²) in [6.07, 6.45) is -0.747. The molecule has 0 aliphatic carbocycles. The van der Waals surface area contributed by atoms with Gasteiger partial charge in [0.05, 0.1) is 31.2 Å². The number of benzene rings is 1. The van der Waals surface area contributed by atoms with Crippen LogP contribution in [0, 0.1) is 0 Å². The van der Waals surface area contributed by atoms with Crippen molar-refractivity contribution in [1.29, 1.82) is 0 Å². The van der Waals surface area contributed by atoms with Gasteiger partial charge in [0.25, 0.3) is 5.91 Å². The summed E-state index contributed by atoms with van der Waals surface area (Å²) in [5.41, 5.74) is 3.55. The highest BCUT2D eigenvalue weighted by Gasteiger charge is 2.40. The fourth-order valence-corrected chi connectivity index (χ4v) is 5.39. The molecular weight excluding hydrogens is 544 g/mol. The van der Waals surface area contributed by atoms with Gasteiger partial charge in [0.15, 0.2) is 5.69 Å². The van der Waals surface area contributed by atoms with Crippen LogP contribution < -0.4 is 9.47 Å². The van der Waals surface area contributed by atoms with E-state index in [9.17, 15) is 24.9 Å². The average Bonchev–Trinajstić information content (AvgIpc) is 3.74. The lowest BCUT2D eigenvalue weighted by Crippen LogP contribution is -2.54. The van der Waals surface area contributed by atoms with E-state index >= 15 is 0 Å². The summed E-state index contributed by atoms with van der Waals surface area (Å²) in [6, 6.07) is 5.42. The molecule has 1 fully saturated rings. The summed E-state index contributed by atoms with van der Waals surface area (Å²) in [6.45, 7) is -0.129. The third kappa shape index (κ3) is 4.44. The number of cyclic esters (lactones) is 1. The molecule has 0 unspecified atom stereocenters. The number of thiophene rings is 1. The van der Waals surface area contributed by atoms with Gasteiger partial charge in [-0.25, -0.2) is 9.48 Å². The third-order valence-corrected chi connectivity index (χ3v) is 7.39. The Labute approximate surface area is 230 Å². The number of fused-ring (bicyclic) bond motifs is 3. The van der Waals surface area contributed by atoms with Crippen molar-refractivity contribution in [3.8, 4) is 39.6 Å². The van der Waals surface area contributed by atoms with Crippen LogP contribution in [0.5, 0.6) is 11.5 Å². The van der Waals surface area contributed by atoms with Crippen LogP contribution in [0.1, 0.15) is 16.1 Å². The van der Waals surface area contributed by atoms with Gasteiger partial charge in [-0.15, -0.1) is 0 Å². The highest BCUT2D eigenvalue weighted by Crippen LogP contribution is 2.46. The van der Waals surface area contributed by atoms with Gasteiger partial charge >= 0.3 is 12.2 Å². The molecule has 1 saturated heterocycles. The van der Waals surface area contributed by atoms with Crippen LogP contribution in [0.4, 0.5) is 4.79 Å². The van der Waals surface area contributed by atoms with Crippen molar-refractivity contribution in [3.05, 3.63) is 52.6 Å². The minimum atomic E-state index is -3.52. The number of H-pyrrole nitrogens is 1. The van der Waals surface area contributed by atoms with Gasteiger partial charge in [-0.1, -0.05) is 0 Å². The number of aromatic nitrogens is 4. The number of hydrogen-bond acceptors (Lipinski definition) is 11. The summed E-state index contributed by atoms with van der Waals surface area (Å²) in [4.78, 5) is 27.3. The summed E-state index contributed by atoms with van der Waals surface area (Å²) >= 11 is 1.44. The molecule has 0 atom stereocenters. The monoisotopic (exact) mass is 568 g/mol. The normalized spacial score (nSPS) is 14.4. The summed E-state index contributed by atoms with van der Waals surface area (Å²) in [5, 5.41) is 45.4. The molecule has 1 aromatic carbocycles. The first-order chi connectivity index (χ1) is 19.3. The minimum absolute atomic E-state index is 0.0661. The van der Waals surface area contributed by atoms with Crippen LogP contribution in [0.3, 0.4) is 0 Å². The van der Waals surface area contributed by atoms with E-state index < -0.39 is 24.6 Å². The van der Waals surface area contributed by atoms with E-state index in [2.05, 4.69) is 15.3 Å². The van der Waals surface area contributed by atoms with Crippen molar-refractivity contribution in [2.75, 3.05) is 33.4 Å². The lowest BCUT2D eigenvalue weighted by Gasteiger charge is -2.31. The van der Waals surface area contributed by atoms with Gasteiger partial charge in [-0.2, -0.15) is 21.5 Å². The number of aliphatic hydroxyl groups is 3. The van der Waals surface area contributed by atoms with E-state index in [0.29, 0.717) is 38.9 Å². The maximum Gasteiger partial charge on any atom is 0.409 e. The number of nitrogens with one attached hydrogen (secondary N) is 1. The molecule has 0 radical (unpaired) electrons. The number of carbonyl (C=O) groups excluding carboxylic acids is 2. The first-order valence-corrected chi connectivity index (χ1v) is 13.1. The molecule has 208 valence electrons. The number of carbonyl (C=O) groups is 2. The lowest BCUT2D eigenvalue weighted by atomic mass is 9.97.